The van der Waals surface area contributed by atoms with Crippen LogP contribution in [0, 0.1) is 3.57 Å². The summed E-state index contributed by atoms with van der Waals surface area (Å²) in [6, 6.07) is 1.65. The highest BCUT2D eigenvalue weighted by molar-refractivity contribution is 14.1. The first kappa shape index (κ1) is 10.4. The number of rotatable bonds is 3. The van der Waals surface area contributed by atoms with Gasteiger partial charge in [-0.25, -0.2) is 4.79 Å². The minimum absolute atomic E-state index is 0.328. The molecule has 0 bridgehead atoms. The number of nitrogens with zero attached hydrogens (tertiary/aromatic N) is 1. The van der Waals surface area contributed by atoms with Crippen molar-refractivity contribution >= 4 is 28.6 Å². The minimum Gasteiger partial charge on any atom is -0.478 e. The molecule has 0 unspecified atom stereocenters. The Bertz CT molecular complexity index is 325. The van der Waals surface area contributed by atoms with Gasteiger partial charge in [0.1, 0.15) is 0 Å². The number of carboxylic acids is 1. The number of aromatic carboxylic acids is 1. The van der Waals surface area contributed by atoms with E-state index in [1.807, 2.05) is 6.92 Å². The van der Waals surface area contributed by atoms with Crippen LogP contribution >= 0.6 is 22.6 Å². The first-order chi connectivity index (χ1) is 6.15. The van der Waals surface area contributed by atoms with Gasteiger partial charge in [-0.15, -0.1) is 0 Å². The van der Waals surface area contributed by atoms with Crippen LogP contribution in [-0.4, -0.2) is 16.1 Å². The Hall–Kier alpha value is -0.650. The Balaban J connectivity index is 3.10. The SMILES string of the molecule is CCCc1ncc(I)cc1C(=O)O. The number of carboxylic acid groups (broad SMARTS) is 1. The lowest BCUT2D eigenvalue weighted by atomic mass is 10.1. The zero-order valence-corrected chi connectivity index (χ0v) is 9.41. The van der Waals surface area contributed by atoms with Gasteiger partial charge in [0, 0.05) is 9.77 Å². The average molecular weight is 291 g/mol. The molecule has 4 heteroatoms. The summed E-state index contributed by atoms with van der Waals surface area (Å²) < 4.78 is 0.856. The van der Waals surface area contributed by atoms with Gasteiger partial charge in [-0.3, -0.25) is 4.98 Å². The zero-order chi connectivity index (χ0) is 9.84. The molecular formula is C9H10INO2. The van der Waals surface area contributed by atoms with Crippen molar-refractivity contribution in [1.29, 1.82) is 0 Å². The molecule has 1 N–H and O–H groups in total. The highest BCUT2D eigenvalue weighted by Gasteiger charge is 2.10. The van der Waals surface area contributed by atoms with Crippen LogP contribution in [-0.2, 0) is 6.42 Å². The third kappa shape index (κ3) is 2.65. The van der Waals surface area contributed by atoms with Crippen LogP contribution in [0.15, 0.2) is 12.3 Å². The van der Waals surface area contributed by atoms with Gasteiger partial charge < -0.3 is 5.11 Å². The molecule has 70 valence electrons. The molecule has 0 atom stereocenters. The lowest BCUT2D eigenvalue weighted by Gasteiger charge is -2.03. The van der Waals surface area contributed by atoms with Gasteiger partial charge in [0.15, 0.2) is 0 Å². The molecule has 0 radical (unpaired) electrons. The smallest absolute Gasteiger partial charge is 0.337 e. The van der Waals surface area contributed by atoms with E-state index in [1.165, 1.54) is 0 Å². The summed E-state index contributed by atoms with van der Waals surface area (Å²) in [5, 5.41) is 8.87. The highest BCUT2D eigenvalue weighted by atomic mass is 127. The predicted octanol–water partition coefficient (Wildman–Crippen LogP) is 2.34. The van der Waals surface area contributed by atoms with E-state index in [4.69, 9.17) is 5.11 Å². The summed E-state index contributed by atoms with van der Waals surface area (Å²) in [4.78, 5) is 14.9. The van der Waals surface area contributed by atoms with Crippen molar-refractivity contribution in [2.24, 2.45) is 0 Å². The number of aromatic nitrogens is 1. The maximum Gasteiger partial charge on any atom is 0.337 e. The largest absolute Gasteiger partial charge is 0.478 e. The van der Waals surface area contributed by atoms with Crippen molar-refractivity contribution in [1.82, 2.24) is 4.98 Å². The summed E-state index contributed by atoms with van der Waals surface area (Å²) >= 11 is 2.06. The molecule has 1 heterocycles. The van der Waals surface area contributed by atoms with Crippen LogP contribution in [0.2, 0.25) is 0 Å². The van der Waals surface area contributed by atoms with E-state index >= 15 is 0 Å². The Kier molecular flexibility index (Phi) is 3.65. The van der Waals surface area contributed by atoms with Crippen LogP contribution in [0.3, 0.4) is 0 Å². The highest BCUT2D eigenvalue weighted by Crippen LogP contribution is 2.12. The van der Waals surface area contributed by atoms with Gasteiger partial charge in [0.2, 0.25) is 0 Å². The predicted molar refractivity (Wildman–Crippen MR) is 57.9 cm³/mol. The van der Waals surface area contributed by atoms with Crippen molar-refractivity contribution in [3.05, 3.63) is 27.1 Å². The normalized spacial score (nSPS) is 10.0. The van der Waals surface area contributed by atoms with Crippen LogP contribution in [0.5, 0.6) is 0 Å². The quantitative estimate of drug-likeness (QED) is 0.870. The fourth-order valence-corrected chi connectivity index (χ4v) is 1.54. The molecule has 0 spiro atoms. The molecule has 1 aromatic rings. The van der Waals surface area contributed by atoms with Crippen molar-refractivity contribution in [2.45, 2.75) is 19.8 Å². The molecule has 3 nitrogen and oxygen atoms in total. The second-order valence-corrected chi connectivity index (χ2v) is 3.95. The van der Waals surface area contributed by atoms with Gasteiger partial charge in [-0.1, -0.05) is 13.3 Å². The minimum atomic E-state index is -0.894. The summed E-state index contributed by atoms with van der Waals surface area (Å²) in [5.74, 6) is -0.894. The molecule has 13 heavy (non-hydrogen) atoms. The fourth-order valence-electron chi connectivity index (χ4n) is 1.09. The summed E-state index contributed by atoms with van der Waals surface area (Å²) in [7, 11) is 0. The molecule has 0 saturated heterocycles. The lowest BCUT2D eigenvalue weighted by molar-refractivity contribution is 0.0695. The summed E-state index contributed by atoms with van der Waals surface area (Å²) in [6.45, 7) is 2.01. The monoisotopic (exact) mass is 291 g/mol. The Morgan fingerprint density at radius 3 is 2.92 bits per heavy atom. The fraction of sp³-hybridized carbons (Fsp3) is 0.333. The zero-order valence-electron chi connectivity index (χ0n) is 7.25. The van der Waals surface area contributed by atoms with Gasteiger partial charge in [0.05, 0.1) is 11.3 Å². The van der Waals surface area contributed by atoms with Crippen LogP contribution in [0.4, 0.5) is 0 Å². The molecular weight excluding hydrogens is 281 g/mol. The number of aryl methyl sites for hydroxylation is 1. The third-order valence-corrected chi connectivity index (χ3v) is 2.24. The van der Waals surface area contributed by atoms with E-state index in [-0.39, 0.29) is 0 Å². The van der Waals surface area contributed by atoms with E-state index in [2.05, 4.69) is 27.6 Å². The molecule has 1 rings (SSSR count). The van der Waals surface area contributed by atoms with Crippen LogP contribution in [0.25, 0.3) is 0 Å². The molecule has 0 aliphatic carbocycles. The third-order valence-electron chi connectivity index (χ3n) is 1.65. The number of carbonyl (C=O) groups is 1. The Morgan fingerprint density at radius 1 is 1.69 bits per heavy atom. The second-order valence-electron chi connectivity index (χ2n) is 2.70. The Morgan fingerprint density at radius 2 is 2.38 bits per heavy atom. The maximum atomic E-state index is 10.8. The maximum absolute atomic E-state index is 10.8. The topological polar surface area (TPSA) is 50.2 Å². The van der Waals surface area contributed by atoms with E-state index in [0.717, 1.165) is 16.4 Å². The molecule has 0 aliphatic heterocycles. The number of hydrogen-bond acceptors (Lipinski definition) is 2. The Labute approximate surface area is 90.3 Å². The molecule has 0 fully saturated rings. The molecule has 0 aromatic carbocycles. The van der Waals surface area contributed by atoms with Crippen LogP contribution < -0.4 is 0 Å². The molecule has 0 saturated carbocycles. The summed E-state index contributed by atoms with van der Waals surface area (Å²) in [6.07, 6.45) is 3.32. The molecule has 1 aromatic heterocycles. The van der Waals surface area contributed by atoms with Gasteiger partial charge >= 0.3 is 5.97 Å². The van der Waals surface area contributed by atoms with Gasteiger partial charge in [0.25, 0.3) is 0 Å². The van der Waals surface area contributed by atoms with Crippen molar-refractivity contribution in [3.63, 3.8) is 0 Å². The molecule has 0 amide bonds. The number of halogens is 1. The lowest BCUT2D eigenvalue weighted by Crippen LogP contribution is -2.05. The van der Waals surface area contributed by atoms with E-state index < -0.39 is 5.97 Å². The van der Waals surface area contributed by atoms with Crippen LogP contribution in [0.1, 0.15) is 29.4 Å². The first-order valence-corrected chi connectivity index (χ1v) is 5.10. The van der Waals surface area contributed by atoms with Crippen molar-refractivity contribution in [2.75, 3.05) is 0 Å². The standard InChI is InChI=1S/C9H10INO2/c1-2-3-8-7(9(12)13)4-6(10)5-11-8/h4-5H,2-3H2,1H3,(H,12,13). The van der Waals surface area contributed by atoms with E-state index in [9.17, 15) is 4.79 Å². The van der Waals surface area contributed by atoms with Crippen molar-refractivity contribution < 1.29 is 9.90 Å². The van der Waals surface area contributed by atoms with Gasteiger partial charge in [-0.2, -0.15) is 0 Å². The van der Waals surface area contributed by atoms with Crippen molar-refractivity contribution in [3.8, 4) is 0 Å². The summed E-state index contributed by atoms with van der Waals surface area (Å²) in [5.41, 5.74) is 1.00. The number of hydrogen-bond donors (Lipinski definition) is 1. The average Bonchev–Trinajstić information content (AvgIpc) is 2.08. The van der Waals surface area contributed by atoms with E-state index in [0.29, 0.717) is 11.3 Å². The van der Waals surface area contributed by atoms with E-state index in [1.54, 1.807) is 12.3 Å². The molecule has 0 aliphatic rings. The first-order valence-electron chi connectivity index (χ1n) is 4.03. The second kappa shape index (κ2) is 4.55. The van der Waals surface area contributed by atoms with Gasteiger partial charge in [-0.05, 0) is 35.1 Å². The number of pyridine rings is 1.